The van der Waals surface area contributed by atoms with Crippen LogP contribution in [0.15, 0.2) is 54.9 Å². The molecule has 0 saturated carbocycles. The molecule has 0 radical (unpaired) electrons. The topological polar surface area (TPSA) is 36.2 Å². The Balaban J connectivity index is 1.69. The molecule has 1 amide bonds. The van der Waals surface area contributed by atoms with E-state index in [2.05, 4.69) is 9.88 Å². The van der Waals surface area contributed by atoms with E-state index in [1.807, 2.05) is 73.9 Å². The van der Waals surface area contributed by atoms with E-state index in [0.717, 1.165) is 30.8 Å². The van der Waals surface area contributed by atoms with Gasteiger partial charge in [0.25, 0.3) is 0 Å². The molecule has 0 aliphatic carbocycles. The summed E-state index contributed by atoms with van der Waals surface area (Å²) in [4.78, 5) is 13.9. The number of carbonyl (C=O) groups is 1. The zero-order valence-corrected chi connectivity index (χ0v) is 13.3. The van der Waals surface area contributed by atoms with Gasteiger partial charge >= 0.3 is 0 Å². The number of hydrogen-bond donors (Lipinski definition) is 1. The van der Waals surface area contributed by atoms with Crippen LogP contribution in [0.2, 0.25) is 0 Å². The lowest BCUT2D eigenvalue weighted by molar-refractivity contribution is -0.697. The van der Waals surface area contributed by atoms with Crippen LogP contribution in [-0.2, 0) is 11.3 Å². The standard InChI is InChI=1S/C18H23N3O/c1-20(2)17-11-9-16(10-12-17)19-18(22)8-4-7-15-21-13-5-3-6-14-21/h3,5-6,9-14H,4,7-8,15H2,1-2H3/p+1. The van der Waals surface area contributed by atoms with Gasteiger partial charge < -0.3 is 10.2 Å². The molecule has 0 unspecified atom stereocenters. The van der Waals surface area contributed by atoms with Crippen LogP contribution in [0.4, 0.5) is 11.4 Å². The van der Waals surface area contributed by atoms with Crippen LogP contribution in [0.1, 0.15) is 19.3 Å². The molecule has 0 bridgehead atoms. The number of nitrogens with one attached hydrogen (secondary N) is 1. The summed E-state index contributed by atoms with van der Waals surface area (Å²) in [5, 5.41) is 2.94. The minimum atomic E-state index is 0.0793. The summed E-state index contributed by atoms with van der Waals surface area (Å²) in [5.41, 5.74) is 1.98. The van der Waals surface area contributed by atoms with Gasteiger partial charge in [0.1, 0.15) is 6.54 Å². The SMILES string of the molecule is CN(C)c1ccc(NC(=O)CCCC[n+]2ccccc2)cc1. The van der Waals surface area contributed by atoms with Crippen molar-refractivity contribution in [2.45, 2.75) is 25.8 Å². The number of rotatable bonds is 7. The molecule has 0 fully saturated rings. The molecule has 2 rings (SSSR count). The van der Waals surface area contributed by atoms with Crippen LogP contribution in [0.5, 0.6) is 0 Å². The van der Waals surface area contributed by atoms with Gasteiger partial charge in [0.2, 0.25) is 5.91 Å². The number of aromatic nitrogens is 1. The van der Waals surface area contributed by atoms with Gasteiger partial charge in [0.05, 0.1) is 0 Å². The maximum absolute atomic E-state index is 11.9. The molecule has 1 heterocycles. The van der Waals surface area contributed by atoms with Crippen molar-refractivity contribution in [3.63, 3.8) is 0 Å². The minimum Gasteiger partial charge on any atom is -0.378 e. The van der Waals surface area contributed by atoms with Crippen LogP contribution in [-0.4, -0.2) is 20.0 Å². The van der Waals surface area contributed by atoms with Crippen LogP contribution in [0.3, 0.4) is 0 Å². The number of nitrogens with zero attached hydrogens (tertiary/aromatic N) is 2. The Bertz CT molecular complexity index is 579. The molecule has 0 spiro atoms. The summed E-state index contributed by atoms with van der Waals surface area (Å²) in [6.07, 6.45) is 6.55. The van der Waals surface area contributed by atoms with Crippen molar-refractivity contribution in [2.24, 2.45) is 0 Å². The third-order valence-electron chi connectivity index (χ3n) is 3.51. The molecule has 22 heavy (non-hydrogen) atoms. The Morgan fingerprint density at radius 3 is 2.36 bits per heavy atom. The van der Waals surface area contributed by atoms with E-state index in [0.29, 0.717) is 6.42 Å². The van der Waals surface area contributed by atoms with Gasteiger partial charge in [0, 0.05) is 50.4 Å². The van der Waals surface area contributed by atoms with Crippen molar-refractivity contribution in [3.05, 3.63) is 54.9 Å². The van der Waals surface area contributed by atoms with Crippen molar-refractivity contribution < 1.29 is 9.36 Å². The Kier molecular flexibility index (Phi) is 5.95. The molecular weight excluding hydrogens is 274 g/mol. The largest absolute Gasteiger partial charge is 0.378 e. The minimum absolute atomic E-state index is 0.0793. The van der Waals surface area contributed by atoms with Gasteiger partial charge in [-0.25, -0.2) is 4.57 Å². The summed E-state index contributed by atoms with van der Waals surface area (Å²) in [7, 11) is 4.00. The predicted octanol–water partition coefficient (Wildman–Crippen LogP) is 2.85. The lowest BCUT2D eigenvalue weighted by Crippen LogP contribution is -2.32. The van der Waals surface area contributed by atoms with Gasteiger partial charge in [-0.2, -0.15) is 0 Å². The van der Waals surface area contributed by atoms with Crippen LogP contribution < -0.4 is 14.8 Å². The van der Waals surface area contributed by atoms with Gasteiger partial charge in [-0.05, 0) is 30.7 Å². The summed E-state index contributed by atoms with van der Waals surface area (Å²) in [6, 6.07) is 13.9. The number of benzene rings is 1. The van der Waals surface area contributed by atoms with E-state index in [1.165, 1.54) is 0 Å². The number of amides is 1. The molecule has 4 nitrogen and oxygen atoms in total. The number of carbonyl (C=O) groups excluding carboxylic acids is 1. The Labute approximate surface area is 132 Å². The van der Waals surface area contributed by atoms with E-state index in [4.69, 9.17) is 0 Å². The van der Waals surface area contributed by atoms with Crippen molar-refractivity contribution in [1.82, 2.24) is 0 Å². The molecule has 0 aliphatic rings. The number of hydrogen-bond acceptors (Lipinski definition) is 2. The molecule has 1 aromatic carbocycles. The van der Waals surface area contributed by atoms with Gasteiger partial charge in [-0.3, -0.25) is 4.79 Å². The van der Waals surface area contributed by atoms with Gasteiger partial charge in [0.15, 0.2) is 12.4 Å². The monoisotopic (exact) mass is 298 g/mol. The zero-order valence-electron chi connectivity index (χ0n) is 13.3. The highest BCUT2D eigenvalue weighted by Gasteiger charge is 2.04. The second-order valence-corrected chi connectivity index (χ2v) is 5.56. The molecule has 1 aromatic heterocycles. The highest BCUT2D eigenvalue weighted by molar-refractivity contribution is 5.90. The first-order valence-electron chi connectivity index (χ1n) is 7.66. The normalized spacial score (nSPS) is 10.3. The van der Waals surface area contributed by atoms with Crippen molar-refractivity contribution >= 4 is 17.3 Å². The van der Waals surface area contributed by atoms with Crippen molar-refractivity contribution in [3.8, 4) is 0 Å². The fourth-order valence-electron chi connectivity index (χ4n) is 2.23. The van der Waals surface area contributed by atoms with E-state index in [1.54, 1.807) is 0 Å². The van der Waals surface area contributed by atoms with Crippen LogP contribution in [0, 0.1) is 0 Å². The van der Waals surface area contributed by atoms with Crippen molar-refractivity contribution in [1.29, 1.82) is 0 Å². The Morgan fingerprint density at radius 1 is 1.05 bits per heavy atom. The van der Waals surface area contributed by atoms with E-state index < -0.39 is 0 Å². The second kappa shape index (κ2) is 8.17. The van der Waals surface area contributed by atoms with Crippen LogP contribution >= 0.6 is 0 Å². The Hall–Kier alpha value is -2.36. The van der Waals surface area contributed by atoms with E-state index in [-0.39, 0.29) is 5.91 Å². The summed E-state index contributed by atoms with van der Waals surface area (Å²) < 4.78 is 2.14. The third-order valence-corrected chi connectivity index (χ3v) is 3.51. The van der Waals surface area contributed by atoms with E-state index in [9.17, 15) is 4.79 Å². The summed E-state index contributed by atoms with van der Waals surface area (Å²) in [5.74, 6) is 0.0793. The number of pyridine rings is 1. The molecule has 0 saturated heterocycles. The smallest absolute Gasteiger partial charge is 0.224 e. The molecule has 0 atom stereocenters. The van der Waals surface area contributed by atoms with Gasteiger partial charge in [-0.15, -0.1) is 0 Å². The average molecular weight is 298 g/mol. The predicted molar refractivity (Wildman–Crippen MR) is 89.9 cm³/mol. The fraction of sp³-hybridized carbons (Fsp3) is 0.333. The number of unbranched alkanes of at least 4 members (excludes halogenated alkanes) is 1. The second-order valence-electron chi connectivity index (χ2n) is 5.56. The molecule has 0 aliphatic heterocycles. The Morgan fingerprint density at radius 2 is 1.73 bits per heavy atom. The van der Waals surface area contributed by atoms with Gasteiger partial charge in [-0.1, -0.05) is 6.07 Å². The summed E-state index contributed by atoms with van der Waals surface area (Å²) >= 11 is 0. The molecule has 2 aromatic rings. The first-order valence-corrected chi connectivity index (χ1v) is 7.66. The lowest BCUT2D eigenvalue weighted by Gasteiger charge is -2.13. The maximum Gasteiger partial charge on any atom is 0.224 e. The zero-order chi connectivity index (χ0) is 15.8. The highest BCUT2D eigenvalue weighted by Crippen LogP contribution is 2.15. The number of anilines is 2. The van der Waals surface area contributed by atoms with Crippen molar-refractivity contribution in [2.75, 3.05) is 24.3 Å². The first kappa shape index (κ1) is 16.0. The summed E-state index contributed by atoms with van der Waals surface area (Å²) in [6.45, 7) is 0.950. The third kappa shape index (κ3) is 5.20. The lowest BCUT2D eigenvalue weighted by atomic mass is 10.2. The quantitative estimate of drug-likeness (QED) is 0.630. The number of aryl methyl sites for hydroxylation is 1. The van der Waals surface area contributed by atoms with Crippen LogP contribution in [0.25, 0.3) is 0 Å². The maximum atomic E-state index is 11.9. The molecule has 1 N–H and O–H groups in total. The molecule has 116 valence electrons. The van der Waals surface area contributed by atoms with E-state index >= 15 is 0 Å². The fourth-order valence-corrected chi connectivity index (χ4v) is 2.23. The molecule has 4 heteroatoms. The first-order chi connectivity index (χ1) is 10.6. The highest BCUT2D eigenvalue weighted by atomic mass is 16.1. The molecular formula is C18H24N3O+. The average Bonchev–Trinajstić information content (AvgIpc) is 2.53.